The maximum Gasteiger partial charge on any atom is 0.106 e. The van der Waals surface area contributed by atoms with Gasteiger partial charge in [-0.2, -0.15) is 0 Å². The van der Waals surface area contributed by atoms with Gasteiger partial charge in [-0.3, -0.25) is 0 Å². The predicted molar refractivity (Wildman–Crippen MR) is 85.4 cm³/mol. The number of nitrogens with zero attached hydrogens (tertiary/aromatic N) is 1. The van der Waals surface area contributed by atoms with E-state index in [1.165, 1.54) is 0 Å². The van der Waals surface area contributed by atoms with Crippen LogP contribution in [0.25, 0.3) is 12.2 Å². The molecule has 0 N–H and O–H groups in total. The highest BCUT2D eigenvalue weighted by atomic mass is 16.6. The van der Waals surface area contributed by atoms with Crippen molar-refractivity contribution in [2.45, 2.75) is 0 Å². The molecule has 2 nitrogen and oxygen atoms in total. The average molecular weight is 263 g/mol. The van der Waals surface area contributed by atoms with Crippen molar-refractivity contribution in [3.8, 4) is 0 Å². The van der Waals surface area contributed by atoms with E-state index in [1.54, 1.807) is 7.11 Å². The van der Waals surface area contributed by atoms with Gasteiger partial charge in [0.15, 0.2) is 0 Å². The number of rotatable bonds is 5. The largest absolute Gasteiger partial charge is 0.399 e. The van der Waals surface area contributed by atoms with Crippen LogP contribution < -0.4 is 0 Å². The Bertz CT molecular complexity index is 546. The van der Waals surface area contributed by atoms with Crippen LogP contribution in [0.5, 0.6) is 0 Å². The lowest BCUT2D eigenvalue weighted by Crippen LogP contribution is -1.88. The molecule has 100 valence electrons. The van der Waals surface area contributed by atoms with Crippen LogP contribution in [0.1, 0.15) is 11.1 Å². The Morgan fingerprint density at radius 3 is 1.65 bits per heavy atom. The van der Waals surface area contributed by atoms with Crippen LogP contribution in [0.3, 0.4) is 0 Å². The third-order valence-corrected chi connectivity index (χ3v) is 2.69. The minimum atomic E-state index is 0.764. The van der Waals surface area contributed by atoms with E-state index in [4.69, 9.17) is 4.84 Å². The van der Waals surface area contributed by atoms with Crippen molar-refractivity contribution >= 4 is 17.9 Å². The highest BCUT2D eigenvalue weighted by molar-refractivity contribution is 6.08. The Balaban J connectivity index is 2.10. The fourth-order valence-corrected chi connectivity index (χ4v) is 1.71. The van der Waals surface area contributed by atoms with Crippen molar-refractivity contribution < 1.29 is 4.84 Å². The highest BCUT2D eigenvalue weighted by Crippen LogP contribution is 2.04. The summed E-state index contributed by atoms with van der Waals surface area (Å²) in [5.41, 5.74) is 3.02. The van der Waals surface area contributed by atoms with Gasteiger partial charge >= 0.3 is 0 Å². The predicted octanol–water partition coefficient (Wildman–Crippen LogP) is 4.42. The zero-order chi connectivity index (χ0) is 14.0. The molecule has 20 heavy (non-hydrogen) atoms. The number of allylic oxidation sites excluding steroid dienone is 2. The zero-order valence-corrected chi connectivity index (χ0v) is 11.4. The summed E-state index contributed by atoms with van der Waals surface area (Å²) in [5, 5.41) is 4.00. The molecule has 0 unspecified atom stereocenters. The molecule has 0 bridgehead atoms. The van der Waals surface area contributed by atoms with E-state index >= 15 is 0 Å². The molecule has 0 aliphatic heterocycles. The molecule has 0 saturated heterocycles. The second-order valence-corrected chi connectivity index (χ2v) is 4.19. The fraction of sp³-hybridized carbons (Fsp3) is 0.0556. The molecule has 0 saturated carbocycles. The van der Waals surface area contributed by atoms with Crippen LogP contribution in [-0.4, -0.2) is 12.8 Å². The summed E-state index contributed by atoms with van der Waals surface area (Å²) in [7, 11) is 1.55. The first-order chi connectivity index (χ1) is 9.88. The van der Waals surface area contributed by atoms with E-state index in [2.05, 4.69) is 5.16 Å². The normalized spacial score (nSPS) is 12.2. The minimum Gasteiger partial charge on any atom is -0.399 e. The lowest BCUT2D eigenvalue weighted by Gasteiger charge is -1.95. The SMILES string of the molecule is CON=C(/C=C\c1ccccc1)/C=C/c1ccccc1. The summed E-state index contributed by atoms with van der Waals surface area (Å²) in [6, 6.07) is 20.2. The Kier molecular flexibility index (Phi) is 5.35. The van der Waals surface area contributed by atoms with Gasteiger partial charge in [0, 0.05) is 0 Å². The Morgan fingerprint density at radius 1 is 0.800 bits per heavy atom. The van der Waals surface area contributed by atoms with Crippen molar-refractivity contribution in [1.82, 2.24) is 0 Å². The van der Waals surface area contributed by atoms with Crippen molar-refractivity contribution in [2.75, 3.05) is 7.11 Å². The van der Waals surface area contributed by atoms with Gasteiger partial charge < -0.3 is 4.84 Å². The lowest BCUT2D eigenvalue weighted by atomic mass is 10.1. The first-order valence-electron chi connectivity index (χ1n) is 6.46. The number of hydrogen-bond donors (Lipinski definition) is 0. The fourth-order valence-electron chi connectivity index (χ4n) is 1.71. The molecule has 0 aliphatic carbocycles. The third kappa shape index (κ3) is 4.58. The minimum absolute atomic E-state index is 0.764. The van der Waals surface area contributed by atoms with Gasteiger partial charge in [0.25, 0.3) is 0 Å². The number of oxime groups is 1. The molecule has 0 spiro atoms. The van der Waals surface area contributed by atoms with Gasteiger partial charge in [0.05, 0.1) is 0 Å². The van der Waals surface area contributed by atoms with Crippen molar-refractivity contribution in [3.05, 3.63) is 83.9 Å². The number of hydrogen-bond acceptors (Lipinski definition) is 2. The van der Waals surface area contributed by atoms with Gasteiger partial charge in [-0.05, 0) is 23.3 Å². The van der Waals surface area contributed by atoms with E-state index < -0.39 is 0 Å². The quantitative estimate of drug-likeness (QED) is 0.578. The molecule has 2 heteroatoms. The highest BCUT2D eigenvalue weighted by Gasteiger charge is 1.91. The summed E-state index contributed by atoms with van der Waals surface area (Å²) >= 11 is 0. The van der Waals surface area contributed by atoms with Crippen molar-refractivity contribution in [3.63, 3.8) is 0 Å². The smallest absolute Gasteiger partial charge is 0.106 e. The van der Waals surface area contributed by atoms with E-state index in [0.29, 0.717) is 0 Å². The standard InChI is InChI=1S/C18H17NO/c1-20-19-18(14-12-16-8-4-2-5-9-16)15-13-17-10-6-3-7-11-17/h2-15H,1H3/b14-12-,15-13+,19-18?. The Morgan fingerprint density at radius 2 is 1.25 bits per heavy atom. The molecule has 2 aromatic carbocycles. The molecule has 0 aliphatic rings. The van der Waals surface area contributed by atoms with Gasteiger partial charge in [0.2, 0.25) is 0 Å². The summed E-state index contributed by atoms with van der Waals surface area (Å²) in [5.74, 6) is 0. The molecule has 0 amide bonds. The first-order valence-corrected chi connectivity index (χ1v) is 6.46. The summed E-state index contributed by atoms with van der Waals surface area (Å²) in [6.07, 6.45) is 7.87. The molecule has 0 atom stereocenters. The van der Waals surface area contributed by atoms with Gasteiger partial charge in [-0.25, -0.2) is 0 Å². The maximum absolute atomic E-state index is 4.87. The van der Waals surface area contributed by atoms with Gasteiger partial charge in [-0.15, -0.1) is 0 Å². The van der Waals surface area contributed by atoms with E-state index in [0.717, 1.165) is 16.8 Å². The molecule has 0 heterocycles. The topological polar surface area (TPSA) is 21.6 Å². The lowest BCUT2D eigenvalue weighted by molar-refractivity contribution is 0.214. The monoisotopic (exact) mass is 263 g/mol. The summed E-state index contributed by atoms with van der Waals surface area (Å²) in [4.78, 5) is 4.87. The van der Waals surface area contributed by atoms with Crippen LogP contribution in [0.4, 0.5) is 0 Å². The van der Waals surface area contributed by atoms with Crippen molar-refractivity contribution in [2.24, 2.45) is 5.16 Å². The average Bonchev–Trinajstić information content (AvgIpc) is 2.52. The molecule has 2 rings (SSSR count). The second-order valence-electron chi connectivity index (χ2n) is 4.19. The van der Waals surface area contributed by atoms with E-state index in [1.807, 2.05) is 85.0 Å². The van der Waals surface area contributed by atoms with Crippen LogP contribution in [-0.2, 0) is 4.84 Å². The van der Waals surface area contributed by atoms with Gasteiger partial charge in [0.1, 0.15) is 12.8 Å². The van der Waals surface area contributed by atoms with Crippen LogP contribution in [0.15, 0.2) is 78.0 Å². The van der Waals surface area contributed by atoms with Crippen LogP contribution in [0.2, 0.25) is 0 Å². The third-order valence-electron chi connectivity index (χ3n) is 2.69. The molecular weight excluding hydrogens is 246 g/mol. The molecule has 0 fully saturated rings. The maximum atomic E-state index is 4.87. The molecule has 2 aromatic rings. The first kappa shape index (κ1) is 13.8. The summed E-state index contributed by atoms with van der Waals surface area (Å²) in [6.45, 7) is 0. The van der Waals surface area contributed by atoms with Crippen molar-refractivity contribution in [1.29, 1.82) is 0 Å². The molecular formula is C18H17NO. The van der Waals surface area contributed by atoms with Crippen LogP contribution >= 0.6 is 0 Å². The second kappa shape index (κ2) is 7.74. The number of benzene rings is 2. The molecule has 0 aromatic heterocycles. The van der Waals surface area contributed by atoms with Crippen LogP contribution in [0, 0.1) is 0 Å². The Hall–Kier alpha value is -2.61. The van der Waals surface area contributed by atoms with Gasteiger partial charge in [-0.1, -0.05) is 78.0 Å². The molecule has 0 radical (unpaired) electrons. The van der Waals surface area contributed by atoms with E-state index in [9.17, 15) is 0 Å². The zero-order valence-electron chi connectivity index (χ0n) is 11.4. The van der Waals surface area contributed by atoms with E-state index in [-0.39, 0.29) is 0 Å². The summed E-state index contributed by atoms with van der Waals surface area (Å²) < 4.78 is 0. The Labute approximate surface area is 119 Å².